The lowest BCUT2D eigenvalue weighted by Crippen LogP contribution is -2.49. The van der Waals surface area contributed by atoms with E-state index in [4.69, 9.17) is 24.2 Å². The van der Waals surface area contributed by atoms with Crippen LogP contribution in [0.25, 0.3) is 10.9 Å². The zero-order valence-corrected chi connectivity index (χ0v) is 32.0. The predicted octanol–water partition coefficient (Wildman–Crippen LogP) is 9.32. The first-order valence-electron chi connectivity index (χ1n) is 18.2. The fourth-order valence-corrected chi connectivity index (χ4v) is 7.51. The second kappa shape index (κ2) is 16.7. The molecule has 0 radical (unpaired) electrons. The molecule has 9 nitrogen and oxygen atoms in total. The first kappa shape index (κ1) is 37.2. The van der Waals surface area contributed by atoms with Gasteiger partial charge in [0.05, 0.1) is 25.3 Å². The summed E-state index contributed by atoms with van der Waals surface area (Å²) >= 11 is 3.57. The number of nitrogens with one attached hydrogen (secondary N) is 1. The molecule has 2 aromatic carbocycles. The largest absolute Gasteiger partial charge is 0.493 e. The van der Waals surface area contributed by atoms with Crippen LogP contribution in [-0.2, 0) is 4.74 Å². The Bertz CT molecular complexity index is 1540. The SMILES string of the molecule is COc1cc2c(N[C@H](C)c3cccc(Br)c3)nc(C)nc2cc1OCCCCCCCN1CCC2(CC1)CCN(C(=O)OC(C)(C)C)CC2. The number of likely N-dealkylation sites (tertiary alicyclic amines) is 2. The van der Waals surface area contributed by atoms with Gasteiger partial charge in [0.2, 0.25) is 0 Å². The van der Waals surface area contributed by atoms with Crippen LogP contribution < -0.4 is 14.8 Å². The first-order valence-corrected chi connectivity index (χ1v) is 18.9. The molecule has 1 amide bonds. The van der Waals surface area contributed by atoms with Gasteiger partial charge in [0.15, 0.2) is 11.5 Å². The Morgan fingerprint density at radius 2 is 1.65 bits per heavy atom. The zero-order chi connectivity index (χ0) is 35.0. The van der Waals surface area contributed by atoms with E-state index >= 15 is 0 Å². The number of piperidine rings is 2. The molecule has 0 bridgehead atoms. The molecule has 49 heavy (non-hydrogen) atoms. The summed E-state index contributed by atoms with van der Waals surface area (Å²) in [6.45, 7) is 15.7. The molecule has 3 heterocycles. The molecule has 2 aliphatic heterocycles. The fraction of sp³-hybridized carbons (Fsp3) is 0.615. The monoisotopic (exact) mass is 737 g/mol. The van der Waals surface area contributed by atoms with Crippen molar-refractivity contribution in [2.45, 2.75) is 104 Å². The average Bonchev–Trinajstić information content (AvgIpc) is 3.06. The lowest BCUT2D eigenvalue weighted by molar-refractivity contribution is -0.00249. The molecular weight excluding hydrogens is 682 g/mol. The first-order chi connectivity index (χ1) is 23.4. The summed E-state index contributed by atoms with van der Waals surface area (Å²) in [6, 6.07) is 12.3. The van der Waals surface area contributed by atoms with Gasteiger partial charge >= 0.3 is 6.09 Å². The molecule has 0 aliphatic carbocycles. The molecule has 3 aromatic rings. The van der Waals surface area contributed by atoms with Crippen molar-refractivity contribution in [1.29, 1.82) is 0 Å². The van der Waals surface area contributed by atoms with Crippen LogP contribution in [-0.4, -0.2) is 77.9 Å². The summed E-state index contributed by atoms with van der Waals surface area (Å²) in [5, 5.41) is 4.48. The van der Waals surface area contributed by atoms with Crippen LogP contribution in [0.15, 0.2) is 40.9 Å². The van der Waals surface area contributed by atoms with Gasteiger partial charge in [0.1, 0.15) is 17.2 Å². The number of anilines is 1. The number of hydrogen-bond acceptors (Lipinski definition) is 8. The standard InChI is InChI=1S/C39H56BrN5O4/c1-28(30-13-12-14-31(40)25-30)41-36-32-26-34(47-6)35(27-33(32)42-29(2)43-36)48-24-11-9-7-8-10-19-44-20-15-39(16-21-44)17-22-45(23-18-39)37(46)49-38(3,4)5/h12-14,25-28H,7-11,15-24H2,1-6H3,(H,41,42,43)/t28-/m1/s1. The molecule has 268 valence electrons. The number of fused-ring (bicyclic) bond motifs is 1. The maximum Gasteiger partial charge on any atom is 0.410 e. The second-order valence-corrected chi connectivity index (χ2v) is 15.9. The maximum atomic E-state index is 12.5. The van der Waals surface area contributed by atoms with E-state index in [9.17, 15) is 4.79 Å². The molecule has 0 unspecified atom stereocenters. The van der Waals surface area contributed by atoms with Crippen LogP contribution in [0.1, 0.15) is 103 Å². The van der Waals surface area contributed by atoms with Gasteiger partial charge in [-0.3, -0.25) is 0 Å². The highest BCUT2D eigenvalue weighted by Gasteiger charge is 2.39. The third kappa shape index (κ3) is 10.5. The third-order valence-corrected chi connectivity index (χ3v) is 10.6. The Morgan fingerprint density at radius 1 is 0.959 bits per heavy atom. The van der Waals surface area contributed by atoms with E-state index in [0.29, 0.717) is 23.6 Å². The smallest absolute Gasteiger partial charge is 0.410 e. The molecular formula is C39H56BrN5O4. The summed E-state index contributed by atoms with van der Waals surface area (Å²) in [6.07, 6.45) is 10.4. The topological polar surface area (TPSA) is 89.0 Å². The number of methoxy groups -OCH3 is 1. The van der Waals surface area contributed by atoms with E-state index < -0.39 is 5.60 Å². The van der Waals surface area contributed by atoms with Crippen molar-refractivity contribution in [3.8, 4) is 11.5 Å². The van der Waals surface area contributed by atoms with E-state index in [1.54, 1.807) is 7.11 Å². The minimum Gasteiger partial charge on any atom is -0.493 e. The zero-order valence-electron chi connectivity index (χ0n) is 30.4. The number of nitrogens with zero attached hydrogens (tertiary/aromatic N) is 4. The minimum atomic E-state index is -0.433. The summed E-state index contributed by atoms with van der Waals surface area (Å²) in [7, 11) is 1.68. The number of unbranched alkanes of at least 4 members (excludes halogenated alkanes) is 4. The van der Waals surface area contributed by atoms with Crippen LogP contribution in [0, 0.1) is 12.3 Å². The molecule has 2 fully saturated rings. The Labute approximate surface area is 301 Å². The highest BCUT2D eigenvalue weighted by atomic mass is 79.9. The van der Waals surface area contributed by atoms with Gasteiger partial charge in [0, 0.05) is 29.0 Å². The maximum absolute atomic E-state index is 12.5. The van der Waals surface area contributed by atoms with E-state index in [0.717, 1.165) is 65.7 Å². The number of halogens is 1. The van der Waals surface area contributed by atoms with Crippen molar-refractivity contribution in [2.24, 2.45) is 5.41 Å². The number of benzene rings is 2. The summed E-state index contributed by atoms with van der Waals surface area (Å²) in [5.41, 5.74) is 1.98. The van der Waals surface area contributed by atoms with Crippen LogP contribution in [0.4, 0.5) is 10.6 Å². The molecule has 10 heteroatoms. The number of hydrogen-bond donors (Lipinski definition) is 1. The molecule has 1 aromatic heterocycles. The average molecular weight is 739 g/mol. The lowest BCUT2D eigenvalue weighted by Gasteiger charge is -2.47. The molecule has 0 saturated carbocycles. The Balaban J connectivity index is 1.00. The molecule has 1 N–H and O–H groups in total. The normalized spacial score (nSPS) is 17.2. The number of rotatable bonds is 13. The van der Waals surface area contributed by atoms with Crippen LogP contribution >= 0.6 is 15.9 Å². The van der Waals surface area contributed by atoms with Crippen molar-refractivity contribution >= 4 is 38.7 Å². The van der Waals surface area contributed by atoms with Crippen molar-refractivity contribution in [1.82, 2.24) is 19.8 Å². The Kier molecular flexibility index (Phi) is 12.7. The third-order valence-electron chi connectivity index (χ3n) is 10.1. The lowest BCUT2D eigenvalue weighted by atomic mass is 9.71. The van der Waals surface area contributed by atoms with Crippen molar-refractivity contribution in [3.63, 3.8) is 0 Å². The van der Waals surface area contributed by atoms with Gasteiger partial charge in [-0.25, -0.2) is 14.8 Å². The predicted molar refractivity (Wildman–Crippen MR) is 201 cm³/mol. The number of aryl methyl sites for hydroxylation is 1. The summed E-state index contributed by atoms with van der Waals surface area (Å²) in [5.74, 6) is 2.90. The molecule has 2 aliphatic rings. The summed E-state index contributed by atoms with van der Waals surface area (Å²) in [4.78, 5) is 26.5. The molecule has 1 spiro atoms. The van der Waals surface area contributed by atoms with Crippen LogP contribution in [0.2, 0.25) is 0 Å². The van der Waals surface area contributed by atoms with E-state index in [1.807, 2.05) is 56.9 Å². The highest BCUT2D eigenvalue weighted by molar-refractivity contribution is 9.10. The van der Waals surface area contributed by atoms with Crippen molar-refractivity contribution < 1.29 is 19.0 Å². The number of amides is 1. The molecule has 1 atom stereocenters. The molecule has 2 saturated heterocycles. The minimum absolute atomic E-state index is 0.0610. The second-order valence-electron chi connectivity index (χ2n) is 15.0. The van der Waals surface area contributed by atoms with Gasteiger partial charge in [-0.2, -0.15) is 0 Å². The quantitative estimate of drug-likeness (QED) is 0.174. The van der Waals surface area contributed by atoms with E-state index in [2.05, 4.69) is 45.2 Å². The van der Waals surface area contributed by atoms with Gasteiger partial charge in [-0.15, -0.1) is 0 Å². The number of ether oxygens (including phenoxy) is 3. The highest BCUT2D eigenvalue weighted by Crippen LogP contribution is 2.41. The van der Waals surface area contributed by atoms with Crippen LogP contribution in [0.5, 0.6) is 11.5 Å². The van der Waals surface area contributed by atoms with Gasteiger partial charge < -0.3 is 29.3 Å². The summed E-state index contributed by atoms with van der Waals surface area (Å²) < 4.78 is 18.6. The van der Waals surface area contributed by atoms with Crippen molar-refractivity contribution in [2.75, 3.05) is 51.8 Å². The number of aromatic nitrogens is 2. The van der Waals surface area contributed by atoms with Gasteiger partial charge in [-0.05, 0) is 122 Å². The van der Waals surface area contributed by atoms with E-state index in [-0.39, 0.29) is 12.1 Å². The van der Waals surface area contributed by atoms with E-state index in [1.165, 1.54) is 57.3 Å². The Hall–Kier alpha value is -3.11. The molecule has 5 rings (SSSR count). The number of carbonyl (C=O) groups is 1. The van der Waals surface area contributed by atoms with Gasteiger partial charge in [0.25, 0.3) is 0 Å². The fourth-order valence-electron chi connectivity index (χ4n) is 7.09. The van der Waals surface area contributed by atoms with Crippen LogP contribution in [0.3, 0.4) is 0 Å². The number of carbonyl (C=O) groups excluding carboxylic acids is 1. The van der Waals surface area contributed by atoms with Crippen molar-refractivity contribution in [3.05, 3.63) is 52.3 Å². The Morgan fingerprint density at radius 3 is 2.35 bits per heavy atom. The van der Waals surface area contributed by atoms with Gasteiger partial charge in [-0.1, -0.05) is 47.3 Å².